The third-order valence-corrected chi connectivity index (χ3v) is 1.92. The maximum atomic E-state index is 11.0. The van der Waals surface area contributed by atoms with Gasteiger partial charge in [-0.3, -0.25) is 9.59 Å². The monoisotopic (exact) mass is 216 g/mol. The van der Waals surface area contributed by atoms with Crippen molar-refractivity contribution in [2.24, 2.45) is 0 Å². The topological polar surface area (TPSA) is 81.8 Å². The number of Topliss-reactive ketones (excluding diaryl/α,β-unsaturated/α-hetero) is 2. The number of halogens is 1. The van der Waals surface area contributed by atoms with Crippen molar-refractivity contribution in [2.75, 3.05) is 5.88 Å². The Kier molecular flexibility index (Phi) is 6.84. The predicted octanol–water partition coefficient (Wildman–Crippen LogP) is 1.59. The number of carbonyl (C=O) groups excluding carboxylic acids is 2. The van der Waals surface area contributed by atoms with E-state index < -0.39 is 11.6 Å². The van der Waals surface area contributed by atoms with Crippen molar-refractivity contribution >= 4 is 35.1 Å². The van der Waals surface area contributed by atoms with Gasteiger partial charge < -0.3 is 10.8 Å². The Morgan fingerprint density at radius 1 is 1.29 bits per heavy atom. The maximum Gasteiger partial charge on any atom is 0.243 e. The summed E-state index contributed by atoms with van der Waals surface area (Å²) in [6.07, 6.45) is 3.62. The highest BCUT2D eigenvalue weighted by Crippen LogP contribution is 2.00. The van der Waals surface area contributed by atoms with Crippen LogP contribution in [0.4, 0.5) is 0 Å². The molecule has 5 heteroatoms. The second kappa shape index (κ2) is 7.38. The summed E-state index contributed by atoms with van der Waals surface area (Å²) < 4.78 is 0. The van der Waals surface area contributed by atoms with E-state index in [0.717, 1.165) is 6.42 Å². The zero-order valence-corrected chi connectivity index (χ0v) is 8.56. The number of carbonyl (C=O) groups is 2. The number of ketones is 2. The predicted molar refractivity (Wildman–Crippen MR) is 55.7 cm³/mol. The minimum absolute atomic E-state index is 0.180. The molecule has 0 fully saturated rings. The first-order valence-corrected chi connectivity index (χ1v) is 4.86. The van der Waals surface area contributed by atoms with Crippen molar-refractivity contribution in [3.05, 3.63) is 0 Å². The fraction of sp³-hybridized carbons (Fsp3) is 0.556. The van der Waals surface area contributed by atoms with Crippen LogP contribution in [-0.2, 0) is 9.59 Å². The fourth-order valence-corrected chi connectivity index (χ4v) is 1.01. The summed E-state index contributed by atoms with van der Waals surface area (Å²) in [4.78, 5) is 21.8. The van der Waals surface area contributed by atoms with Gasteiger partial charge in [-0.2, -0.15) is 0 Å². The molecule has 0 unspecified atom stereocenters. The lowest BCUT2D eigenvalue weighted by molar-refractivity contribution is -0.131. The van der Waals surface area contributed by atoms with Crippen LogP contribution >= 0.6 is 11.6 Å². The molecule has 0 saturated carbocycles. The summed E-state index contributed by atoms with van der Waals surface area (Å²) in [6.45, 7) is 0. The molecule has 4 nitrogen and oxygen atoms in total. The highest BCUT2D eigenvalue weighted by Gasteiger charge is 2.16. The van der Waals surface area contributed by atoms with Crippen molar-refractivity contribution in [2.45, 2.75) is 25.7 Å². The van der Waals surface area contributed by atoms with Gasteiger partial charge in [0.05, 0.1) is 11.6 Å². The van der Waals surface area contributed by atoms with Gasteiger partial charge in [-0.05, 0) is 31.9 Å². The van der Waals surface area contributed by atoms with Crippen LogP contribution in [0.3, 0.4) is 0 Å². The van der Waals surface area contributed by atoms with E-state index >= 15 is 0 Å². The Balaban J connectivity index is 3.79. The Bertz CT molecular complexity index is 251. The Labute approximate surface area is 87.7 Å². The van der Waals surface area contributed by atoms with Crippen LogP contribution in [0.1, 0.15) is 25.7 Å². The fourth-order valence-electron chi connectivity index (χ4n) is 0.891. The van der Waals surface area contributed by atoms with Crippen LogP contribution in [0.2, 0.25) is 0 Å². The standard InChI is InChI=1S/C9H13ClN2O2/c10-6-8(13)9(14)7(12)4-2-1-3-5-11/h5,11-12H,1-4,6H2. The number of nitrogens with one attached hydrogen (secondary N) is 2. The van der Waals surface area contributed by atoms with Crippen LogP contribution in [0.15, 0.2) is 0 Å². The van der Waals surface area contributed by atoms with Gasteiger partial charge in [-0.1, -0.05) is 0 Å². The highest BCUT2D eigenvalue weighted by molar-refractivity contribution is 6.67. The van der Waals surface area contributed by atoms with Crippen LogP contribution < -0.4 is 0 Å². The van der Waals surface area contributed by atoms with Crippen LogP contribution in [-0.4, -0.2) is 29.4 Å². The number of alkyl halides is 1. The van der Waals surface area contributed by atoms with E-state index in [-0.39, 0.29) is 18.0 Å². The van der Waals surface area contributed by atoms with E-state index in [4.69, 9.17) is 22.4 Å². The van der Waals surface area contributed by atoms with Gasteiger partial charge in [0, 0.05) is 0 Å². The molecule has 0 saturated heterocycles. The van der Waals surface area contributed by atoms with Crippen molar-refractivity contribution < 1.29 is 9.59 Å². The average Bonchev–Trinajstić information content (AvgIpc) is 2.21. The number of hydrogen-bond acceptors (Lipinski definition) is 4. The highest BCUT2D eigenvalue weighted by atomic mass is 35.5. The second-order valence-electron chi connectivity index (χ2n) is 2.81. The summed E-state index contributed by atoms with van der Waals surface area (Å²) in [5, 5.41) is 14.0. The molecule has 0 heterocycles. The lowest BCUT2D eigenvalue weighted by Gasteiger charge is -1.99. The second-order valence-corrected chi connectivity index (χ2v) is 3.08. The number of unbranched alkanes of at least 4 members (excludes halogenated alkanes) is 2. The first-order valence-electron chi connectivity index (χ1n) is 4.33. The summed E-state index contributed by atoms with van der Waals surface area (Å²) in [6, 6.07) is 0. The SMILES string of the molecule is N=CCCCCC(=N)C(=O)C(=O)CCl. The van der Waals surface area contributed by atoms with E-state index in [2.05, 4.69) is 0 Å². The largest absolute Gasteiger partial charge is 0.313 e. The molecule has 0 bridgehead atoms. The van der Waals surface area contributed by atoms with E-state index in [0.29, 0.717) is 12.8 Å². The molecule has 0 aliphatic carbocycles. The van der Waals surface area contributed by atoms with E-state index in [1.807, 2.05) is 0 Å². The van der Waals surface area contributed by atoms with Gasteiger partial charge in [0.25, 0.3) is 0 Å². The van der Waals surface area contributed by atoms with Gasteiger partial charge >= 0.3 is 0 Å². The third-order valence-electron chi connectivity index (χ3n) is 1.67. The zero-order chi connectivity index (χ0) is 11.0. The van der Waals surface area contributed by atoms with E-state index in [9.17, 15) is 9.59 Å². The van der Waals surface area contributed by atoms with Crippen molar-refractivity contribution in [1.29, 1.82) is 10.8 Å². The molecule has 0 aromatic rings. The van der Waals surface area contributed by atoms with E-state index in [1.165, 1.54) is 6.21 Å². The molecular weight excluding hydrogens is 204 g/mol. The smallest absolute Gasteiger partial charge is 0.243 e. The molecular formula is C9H13ClN2O2. The minimum atomic E-state index is -0.783. The van der Waals surface area contributed by atoms with E-state index in [1.54, 1.807) is 0 Å². The summed E-state index contributed by atoms with van der Waals surface area (Å²) >= 11 is 5.18. The van der Waals surface area contributed by atoms with Gasteiger partial charge in [-0.15, -0.1) is 11.6 Å². The Morgan fingerprint density at radius 3 is 2.43 bits per heavy atom. The van der Waals surface area contributed by atoms with Crippen LogP contribution in [0.5, 0.6) is 0 Å². The molecule has 0 aliphatic rings. The normalized spacial score (nSPS) is 9.50. The van der Waals surface area contributed by atoms with Crippen LogP contribution in [0, 0.1) is 10.8 Å². The summed E-state index contributed by atoms with van der Waals surface area (Å²) in [5.74, 6) is -1.86. The molecule has 0 rings (SSSR count). The number of hydrogen-bond donors (Lipinski definition) is 2. The molecule has 0 aromatic heterocycles. The Hall–Kier alpha value is -1.03. The molecule has 2 N–H and O–H groups in total. The van der Waals surface area contributed by atoms with Crippen molar-refractivity contribution in [3.63, 3.8) is 0 Å². The summed E-state index contributed by atoms with van der Waals surface area (Å²) in [7, 11) is 0. The minimum Gasteiger partial charge on any atom is -0.313 e. The Morgan fingerprint density at radius 2 is 1.93 bits per heavy atom. The third kappa shape index (κ3) is 4.87. The quantitative estimate of drug-likeness (QED) is 0.280. The van der Waals surface area contributed by atoms with Gasteiger partial charge in [-0.25, -0.2) is 0 Å². The molecule has 0 aromatic carbocycles. The molecule has 0 spiro atoms. The maximum absolute atomic E-state index is 11.0. The lowest BCUT2D eigenvalue weighted by Crippen LogP contribution is -2.24. The van der Waals surface area contributed by atoms with Crippen LogP contribution in [0.25, 0.3) is 0 Å². The zero-order valence-electron chi connectivity index (χ0n) is 7.81. The lowest BCUT2D eigenvalue weighted by atomic mass is 10.1. The molecule has 0 atom stereocenters. The average molecular weight is 217 g/mol. The molecule has 0 amide bonds. The van der Waals surface area contributed by atoms with Gasteiger partial charge in [0.1, 0.15) is 0 Å². The molecule has 0 aliphatic heterocycles. The van der Waals surface area contributed by atoms with Gasteiger partial charge in [0.2, 0.25) is 11.6 Å². The van der Waals surface area contributed by atoms with Gasteiger partial charge in [0.15, 0.2) is 0 Å². The molecule has 0 radical (unpaired) electrons. The molecule has 14 heavy (non-hydrogen) atoms. The summed E-state index contributed by atoms with van der Waals surface area (Å²) in [5.41, 5.74) is -0.180. The van der Waals surface area contributed by atoms with Crippen molar-refractivity contribution in [1.82, 2.24) is 0 Å². The first kappa shape index (κ1) is 13.0. The first-order chi connectivity index (χ1) is 6.63. The van der Waals surface area contributed by atoms with Crippen molar-refractivity contribution in [3.8, 4) is 0 Å². The number of rotatable bonds is 8. The molecule has 78 valence electrons.